The molecule has 41 heavy (non-hydrogen) atoms. The molecule has 1 saturated heterocycles. The van der Waals surface area contributed by atoms with E-state index in [4.69, 9.17) is 0 Å². The minimum Gasteiger partial charge on any atom is -0.366 e. The van der Waals surface area contributed by atoms with E-state index in [0.29, 0.717) is 42.9 Å². The Morgan fingerprint density at radius 2 is 1.32 bits per heavy atom. The second-order valence-electron chi connectivity index (χ2n) is 10.1. The number of hydrogen-bond acceptors (Lipinski definition) is 4. The number of rotatable bonds is 9. The Balaban J connectivity index is 1.23. The molecule has 0 aromatic heterocycles. The first kappa shape index (κ1) is 27.6. The third-order valence-electron chi connectivity index (χ3n) is 7.59. The first-order chi connectivity index (χ1) is 20.1. The van der Waals surface area contributed by atoms with Crippen molar-refractivity contribution < 1.29 is 14.4 Å². The maximum Gasteiger partial charge on any atom is 0.258 e. The third-order valence-corrected chi connectivity index (χ3v) is 7.59. The summed E-state index contributed by atoms with van der Waals surface area (Å²) in [5.41, 5.74) is 4.52. The first-order valence-corrected chi connectivity index (χ1v) is 14.0. The lowest BCUT2D eigenvalue weighted by molar-refractivity contribution is 0.0985. The SMILES string of the molecule is O=C=C(CCN(C(=O)c1ccccc1)c1ccccc1)N1CCC(c2ccccc2NC(=O)c2ccccc2)CC1. The van der Waals surface area contributed by atoms with E-state index in [9.17, 15) is 14.4 Å². The zero-order valence-corrected chi connectivity index (χ0v) is 22.9. The summed E-state index contributed by atoms with van der Waals surface area (Å²) in [6.07, 6.45) is 2.09. The highest BCUT2D eigenvalue weighted by atomic mass is 16.2. The molecule has 0 spiro atoms. The highest BCUT2D eigenvalue weighted by molar-refractivity contribution is 6.06. The molecule has 0 bridgehead atoms. The van der Waals surface area contributed by atoms with Crippen molar-refractivity contribution in [2.45, 2.75) is 25.2 Å². The highest BCUT2D eigenvalue weighted by Gasteiger charge is 2.26. The van der Waals surface area contributed by atoms with E-state index in [1.165, 1.54) is 0 Å². The Morgan fingerprint density at radius 3 is 1.95 bits per heavy atom. The summed E-state index contributed by atoms with van der Waals surface area (Å²) >= 11 is 0. The van der Waals surface area contributed by atoms with Crippen molar-refractivity contribution in [3.05, 3.63) is 138 Å². The van der Waals surface area contributed by atoms with E-state index in [0.717, 1.165) is 29.8 Å². The van der Waals surface area contributed by atoms with Crippen LogP contribution in [0.25, 0.3) is 0 Å². The number of amides is 2. The van der Waals surface area contributed by atoms with Gasteiger partial charge < -0.3 is 15.1 Å². The molecule has 4 aromatic carbocycles. The van der Waals surface area contributed by atoms with Gasteiger partial charge in [0.25, 0.3) is 11.8 Å². The van der Waals surface area contributed by atoms with Gasteiger partial charge in [-0.25, -0.2) is 4.79 Å². The molecule has 206 valence electrons. The van der Waals surface area contributed by atoms with Crippen molar-refractivity contribution in [3.8, 4) is 0 Å². The van der Waals surface area contributed by atoms with Crippen LogP contribution >= 0.6 is 0 Å². The maximum absolute atomic E-state index is 13.4. The van der Waals surface area contributed by atoms with Gasteiger partial charge in [0.15, 0.2) is 0 Å². The van der Waals surface area contributed by atoms with E-state index in [2.05, 4.69) is 22.2 Å². The van der Waals surface area contributed by atoms with Gasteiger partial charge in [0.05, 0.1) is 0 Å². The monoisotopic (exact) mass is 543 g/mol. The molecule has 0 atom stereocenters. The zero-order valence-electron chi connectivity index (χ0n) is 22.9. The average Bonchev–Trinajstić information content (AvgIpc) is 3.04. The molecule has 0 radical (unpaired) electrons. The molecule has 2 amide bonds. The second-order valence-corrected chi connectivity index (χ2v) is 10.1. The number of piperidine rings is 1. The standard InChI is InChI=1S/C35H33N3O3/c39-26-31(22-25-38(30-16-8-3-9-17-30)35(41)29-14-6-2-7-15-29)37-23-20-27(21-24-37)32-18-10-11-19-33(32)36-34(40)28-12-4-1-5-13-28/h1-19,27H,20-25H2,(H,36,40). The summed E-state index contributed by atoms with van der Waals surface area (Å²) in [5.74, 6) is 2.19. The van der Waals surface area contributed by atoms with E-state index in [1.54, 1.807) is 29.2 Å². The normalized spacial score (nSPS) is 13.2. The van der Waals surface area contributed by atoms with Crippen LogP contribution in [0.4, 0.5) is 11.4 Å². The molecule has 0 saturated carbocycles. The molecule has 1 aliphatic heterocycles. The Morgan fingerprint density at radius 1 is 0.756 bits per heavy atom. The van der Waals surface area contributed by atoms with Crippen LogP contribution in [0.15, 0.2) is 121 Å². The van der Waals surface area contributed by atoms with Gasteiger partial charge in [-0.3, -0.25) is 9.59 Å². The molecule has 6 heteroatoms. The lowest BCUT2D eigenvalue weighted by Gasteiger charge is -2.35. The minimum atomic E-state index is -0.130. The van der Waals surface area contributed by atoms with Gasteiger partial charge in [0.2, 0.25) is 0 Å². The molecule has 5 rings (SSSR count). The van der Waals surface area contributed by atoms with Crippen LogP contribution in [-0.4, -0.2) is 42.3 Å². The molecule has 4 aromatic rings. The smallest absolute Gasteiger partial charge is 0.258 e. The van der Waals surface area contributed by atoms with Crippen molar-refractivity contribution in [1.82, 2.24) is 4.90 Å². The highest BCUT2D eigenvalue weighted by Crippen LogP contribution is 2.34. The number of nitrogens with one attached hydrogen (secondary N) is 1. The summed E-state index contributed by atoms with van der Waals surface area (Å²) in [7, 11) is 0. The van der Waals surface area contributed by atoms with Crippen molar-refractivity contribution in [2.24, 2.45) is 0 Å². The molecular weight excluding hydrogens is 510 g/mol. The van der Waals surface area contributed by atoms with Gasteiger partial charge in [-0.15, -0.1) is 0 Å². The van der Waals surface area contributed by atoms with Crippen LogP contribution in [0.2, 0.25) is 0 Å². The van der Waals surface area contributed by atoms with Gasteiger partial charge in [-0.2, -0.15) is 0 Å². The number of carbonyl (C=O) groups is 2. The van der Waals surface area contributed by atoms with E-state index >= 15 is 0 Å². The molecule has 0 unspecified atom stereocenters. The number of benzene rings is 4. The second kappa shape index (κ2) is 13.4. The van der Waals surface area contributed by atoms with Crippen molar-refractivity contribution >= 4 is 29.1 Å². The number of para-hydroxylation sites is 2. The van der Waals surface area contributed by atoms with Crippen LogP contribution in [-0.2, 0) is 4.79 Å². The average molecular weight is 544 g/mol. The Bertz CT molecular complexity index is 1510. The molecule has 1 heterocycles. The Hall–Kier alpha value is -4.93. The van der Waals surface area contributed by atoms with Crippen LogP contribution in [0.5, 0.6) is 0 Å². The van der Waals surface area contributed by atoms with Crippen molar-refractivity contribution in [2.75, 3.05) is 29.9 Å². The van der Waals surface area contributed by atoms with Gasteiger partial charge in [-0.05, 0) is 66.8 Å². The zero-order chi connectivity index (χ0) is 28.4. The number of hydrogen-bond donors (Lipinski definition) is 1. The lowest BCUT2D eigenvalue weighted by Crippen LogP contribution is -2.36. The molecule has 6 nitrogen and oxygen atoms in total. The van der Waals surface area contributed by atoms with E-state index in [-0.39, 0.29) is 17.7 Å². The molecular formula is C35H33N3O3. The number of nitrogens with zero attached hydrogens (tertiary/aromatic N) is 2. The Labute approximate surface area is 240 Å². The first-order valence-electron chi connectivity index (χ1n) is 14.0. The summed E-state index contributed by atoms with van der Waals surface area (Å²) in [5, 5.41) is 3.08. The fourth-order valence-corrected chi connectivity index (χ4v) is 5.40. The predicted octanol–water partition coefficient (Wildman–Crippen LogP) is 6.57. The number of anilines is 2. The topological polar surface area (TPSA) is 69.7 Å². The van der Waals surface area contributed by atoms with Crippen LogP contribution in [0.1, 0.15) is 51.5 Å². The van der Waals surface area contributed by atoms with Crippen LogP contribution in [0.3, 0.4) is 0 Å². The van der Waals surface area contributed by atoms with Crippen molar-refractivity contribution in [1.29, 1.82) is 0 Å². The maximum atomic E-state index is 13.4. The van der Waals surface area contributed by atoms with E-state index < -0.39 is 0 Å². The largest absolute Gasteiger partial charge is 0.366 e. The summed E-state index contributed by atoms with van der Waals surface area (Å²) in [6, 6.07) is 35.9. The third kappa shape index (κ3) is 6.81. The predicted molar refractivity (Wildman–Crippen MR) is 163 cm³/mol. The summed E-state index contributed by atoms with van der Waals surface area (Å²) in [6.45, 7) is 1.78. The molecule has 0 aliphatic carbocycles. The van der Waals surface area contributed by atoms with Gasteiger partial charge in [-0.1, -0.05) is 72.8 Å². The molecule has 1 aliphatic rings. The van der Waals surface area contributed by atoms with Crippen LogP contribution < -0.4 is 10.2 Å². The van der Waals surface area contributed by atoms with Crippen molar-refractivity contribution in [3.63, 3.8) is 0 Å². The summed E-state index contributed by atoms with van der Waals surface area (Å²) in [4.78, 5) is 42.1. The molecule has 1 N–H and O–H groups in total. The molecule has 1 fully saturated rings. The van der Waals surface area contributed by atoms with Gasteiger partial charge in [0, 0.05) is 48.6 Å². The quantitative estimate of drug-likeness (QED) is 0.243. The van der Waals surface area contributed by atoms with Gasteiger partial charge >= 0.3 is 0 Å². The van der Waals surface area contributed by atoms with Gasteiger partial charge in [0.1, 0.15) is 11.6 Å². The Kier molecular flexibility index (Phi) is 9.05. The fourth-order valence-electron chi connectivity index (χ4n) is 5.40. The fraction of sp³-hybridized carbons (Fsp3) is 0.200. The van der Waals surface area contributed by atoms with Crippen LogP contribution in [0, 0.1) is 0 Å². The number of carbonyl (C=O) groups excluding carboxylic acids is 3. The summed E-state index contributed by atoms with van der Waals surface area (Å²) < 4.78 is 0. The van der Waals surface area contributed by atoms with E-state index in [1.807, 2.05) is 84.9 Å². The number of likely N-dealkylation sites (tertiary alicyclic amines) is 1. The minimum absolute atomic E-state index is 0.102. The lowest BCUT2D eigenvalue weighted by atomic mass is 9.88.